The number of aromatic hydroxyl groups is 1. The Morgan fingerprint density at radius 2 is 1.59 bits per heavy atom. The molecule has 3 unspecified atom stereocenters. The van der Waals surface area contributed by atoms with E-state index in [0.717, 1.165) is 16.5 Å². The van der Waals surface area contributed by atoms with Crippen molar-refractivity contribution < 1.29 is 29.4 Å². The van der Waals surface area contributed by atoms with Crippen molar-refractivity contribution in [3.8, 4) is 5.75 Å². The molecule has 0 aliphatic rings. The van der Waals surface area contributed by atoms with Crippen molar-refractivity contribution in [1.29, 1.82) is 0 Å². The van der Waals surface area contributed by atoms with Gasteiger partial charge in [-0.25, -0.2) is 4.98 Å². The van der Waals surface area contributed by atoms with E-state index in [1.54, 1.807) is 18.3 Å². The lowest BCUT2D eigenvalue weighted by Crippen LogP contribution is -2.57. The zero-order chi connectivity index (χ0) is 29.4. The van der Waals surface area contributed by atoms with Crippen LogP contribution in [0.3, 0.4) is 0 Å². The lowest BCUT2D eigenvalue weighted by Gasteiger charge is -2.24. The molecule has 0 spiro atoms. The number of benzene rings is 2. The number of carbonyl (C=O) groups is 4. The molecular formula is C28H31N7O6. The number of aromatic amines is 2. The lowest BCUT2D eigenvalue weighted by molar-refractivity contribution is -0.138. The zero-order valence-corrected chi connectivity index (χ0v) is 22.0. The normalized spacial score (nSPS) is 13.2. The first-order valence-corrected chi connectivity index (χ1v) is 12.9. The molecule has 4 rings (SSSR count). The molecule has 0 saturated carbocycles. The van der Waals surface area contributed by atoms with Crippen LogP contribution in [0.5, 0.6) is 5.75 Å². The fraction of sp³-hybridized carbons (Fsp3) is 0.250. The van der Waals surface area contributed by atoms with E-state index in [1.807, 2.05) is 24.3 Å². The third-order valence-electron chi connectivity index (χ3n) is 6.49. The first-order valence-electron chi connectivity index (χ1n) is 12.9. The number of carboxylic acid groups (broad SMARTS) is 1. The number of rotatable bonds is 13. The molecule has 9 N–H and O–H groups in total. The number of para-hydroxylation sites is 1. The highest BCUT2D eigenvalue weighted by Gasteiger charge is 2.29. The van der Waals surface area contributed by atoms with E-state index in [2.05, 4.69) is 30.9 Å². The maximum atomic E-state index is 13.5. The number of phenols is 1. The molecule has 3 amide bonds. The molecule has 4 aromatic rings. The molecule has 0 saturated heterocycles. The molecule has 13 heteroatoms. The van der Waals surface area contributed by atoms with Gasteiger partial charge < -0.3 is 41.9 Å². The maximum Gasteiger partial charge on any atom is 0.322 e. The summed E-state index contributed by atoms with van der Waals surface area (Å²) in [6.07, 6.45) is 4.91. The summed E-state index contributed by atoms with van der Waals surface area (Å²) in [5.41, 5.74) is 8.97. The van der Waals surface area contributed by atoms with E-state index in [1.165, 1.54) is 24.7 Å². The summed E-state index contributed by atoms with van der Waals surface area (Å²) in [7, 11) is 0. The highest BCUT2D eigenvalue weighted by Crippen LogP contribution is 2.19. The number of hydrogen-bond donors (Lipinski definition) is 8. The average Bonchev–Trinajstić information content (AvgIpc) is 3.62. The lowest BCUT2D eigenvalue weighted by atomic mass is 10.0. The highest BCUT2D eigenvalue weighted by molar-refractivity contribution is 5.94. The zero-order valence-electron chi connectivity index (χ0n) is 22.0. The predicted molar refractivity (Wildman–Crippen MR) is 149 cm³/mol. The number of nitrogens with one attached hydrogen (secondary N) is 5. The van der Waals surface area contributed by atoms with Gasteiger partial charge in [0.05, 0.1) is 12.4 Å². The number of aliphatic carboxylic acids is 1. The van der Waals surface area contributed by atoms with Crippen molar-refractivity contribution in [3.63, 3.8) is 0 Å². The van der Waals surface area contributed by atoms with E-state index in [-0.39, 0.29) is 25.0 Å². The van der Waals surface area contributed by atoms with Crippen molar-refractivity contribution in [2.75, 3.05) is 6.54 Å². The number of phenolic OH excluding ortho intramolecular Hbond substituents is 1. The van der Waals surface area contributed by atoms with Crippen LogP contribution < -0.4 is 21.7 Å². The van der Waals surface area contributed by atoms with Gasteiger partial charge in [0.2, 0.25) is 17.7 Å². The largest absolute Gasteiger partial charge is 0.508 e. The van der Waals surface area contributed by atoms with Crippen LogP contribution in [0.1, 0.15) is 16.8 Å². The standard InChI is InChI=1S/C28H31N7O6/c29-21(9-16-5-7-19(36)8-6-16)26(39)34-24(11-18-13-30-15-33-18)28(41)35-23(27(40)32-14-25(37)38)10-17-12-31-22-4-2-1-3-20(17)22/h1-8,12-13,15,21,23-24,31,36H,9-11,14,29H2,(H,30,33)(H,32,40)(H,34,39)(H,35,41)(H,37,38). The molecule has 2 aromatic carbocycles. The molecule has 3 atom stereocenters. The Bertz CT molecular complexity index is 1500. The Morgan fingerprint density at radius 3 is 2.29 bits per heavy atom. The minimum atomic E-state index is -1.23. The average molecular weight is 562 g/mol. The fourth-order valence-corrected chi connectivity index (χ4v) is 4.37. The predicted octanol–water partition coefficient (Wildman–Crippen LogP) is 0.122. The quantitative estimate of drug-likeness (QED) is 0.112. The number of carbonyl (C=O) groups excluding carboxylic acids is 3. The van der Waals surface area contributed by atoms with E-state index < -0.39 is 48.4 Å². The third kappa shape index (κ3) is 7.92. The van der Waals surface area contributed by atoms with E-state index >= 15 is 0 Å². The molecule has 214 valence electrons. The van der Waals surface area contributed by atoms with Gasteiger partial charge in [-0.05, 0) is 35.7 Å². The molecule has 2 heterocycles. The fourth-order valence-electron chi connectivity index (χ4n) is 4.37. The van der Waals surface area contributed by atoms with Gasteiger partial charge in [-0.2, -0.15) is 0 Å². The number of nitrogens with two attached hydrogens (primary N) is 1. The van der Waals surface area contributed by atoms with Crippen molar-refractivity contribution in [1.82, 2.24) is 30.9 Å². The molecule has 2 aromatic heterocycles. The van der Waals surface area contributed by atoms with Crippen molar-refractivity contribution in [2.45, 2.75) is 37.4 Å². The van der Waals surface area contributed by atoms with Gasteiger partial charge >= 0.3 is 5.97 Å². The van der Waals surface area contributed by atoms with Crippen LogP contribution in [-0.2, 0) is 38.4 Å². The first kappa shape index (κ1) is 28.8. The van der Waals surface area contributed by atoms with Crippen molar-refractivity contribution in [3.05, 3.63) is 84.1 Å². The topological polar surface area (TPSA) is 215 Å². The Balaban J connectivity index is 1.52. The van der Waals surface area contributed by atoms with Crippen molar-refractivity contribution >= 4 is 34.6 Å². The molecule has 0 radical (unpaired) electrons. The molecule has 0 bridgehead atoms. The summed E-state index contributed by atoms with van der Waals surface area (Å²) in [5, 5.41) is 27.0. The second-order valence-corrected chi connectivity index (χ2v) is 9.56. The van der Waals surface area contributed by atoms with Gasteiger partial charge in [0.15, 0.2) is 0 Å². The summed E-state index contributed by atoms with van der Waals surface area (Å²) < 4.78 is 0. The number of imidazole rings is 1. The van der Waals surface area contributed by atoms with Crippen LogP contribution in [0.15, 0.2) is 67.3 Å². The number of H-pyrrole nitrogens is 2. The Kier molecular flexibility index (Phi) is 9.32. The van der Waals surface area contributed by atoms with Crippen LogP contribution in [-0.4, -0.2) is 73.5 Å². The highest BCUT2D eigenvalue weighted by atomic mass is 16.4. The summed E-state index contributed by atoms with van der Waals surface area (Å²) >= 11 is 0. The molecular weight excluding hydrogens is 530 g/mol. The minimum Gasteiger partial charge on any atom is -0.508 e. The number of fused-ring (bicyclic) bond motifs is 1. The van der Waals surface area contributed by atoms with E-state index in [4.69, 9.17) is 10.8 Å². The number of aromatic nitrogens is 3. The van der Waals surface area contributed by atoms with Gasteiger partial charge in [-0.3, -0.25) is 19.2 Å². The second-order valence-electron chi connectivity index (χ2n) is 9.56. The monoisotopic (exact) mass is 561 g/mol. The van der Waals surface area contributed by atoms with Crippen LogP contribution in [0.4, 0.5) is 0 Å². The number of carboxylic acids is 1. The van der Waals surface area contributed by atoms with Gasteiger partial charge in [0.25, 0.3) is 0 Å². The van der Waals surface area contributed by atoms with Crippen LogP contribution in [0, 0.1) is 0 Å². The molecule has 0 aliphatic heterocycles. The van der Waals surface area contributed by atoms with Gasteiger partial charge in [0.1, 0.15) is 24.4 Å². The SMILES string of the molecule is NC(Cc1ccc(O)cc1)C(=O)NC(Cc1cnc[nH]1)C(=O)NC(Cc1c[nH]c2ccccc12)C(=O)NCC(=O)O. The minimum absolute atomic E-state index is 0.0278. The Labute approximate surface area is 234 Å². The third-order valence-corrected chi connectivity index (χ3v) is 6.49. The van der Waals surface area contributed by atoms with Gasteiger partial charge in [-0.1, -0.05) is 30.3 Å². The number of amides is 3. The van der Waals surface area contributed by atoms with Crippen molar-refractivity contribution in [2.24, 2.45) is 5.73 Å². The van der Waals surface area contributed by atoms with E-state index in [0.29, 0.717) is 11.3 Å². The Morgan fingerprint density at radius 1 is 0.878 bits per heavy atom. The molecule has 0 aliphatic carbocycles. The van der Waals surface area contributed by atoms with Gasteiger partial charge in [-0.15, -0.1) is 0 Å². The molecule has 41 heavy (non-hydrogen) atoms. The second kappa shape index (κ2) is 13.3. The number of hydrogen-bond acceptors (Lipinski definition) is 7. The summed E-state index contributed by atoms with van der Waals surface area (Å²) in [6, 6.07) is 10.4. The maximum absolute atomic E-state index is 13.5. The van der Waals surface area contributed by atoms with Crippen LogP contribution in [0.25, 0.3) is 10.9 Å². The summed E-state index contributed by atoms with van der Waals surface area (Å²) in [6.45, 7) is -0.625. The first-order chi connectivity index (χ1) is 19.7. The smallest absolute Gasteiger partial charge is 0.322 e. The van der Waals surface area contributed by atoms with Crippen LogP contribution in [0.2, 0.25) is 0 Å². The summed E-state index contributed by atoms with van der Waals surface area (Å²) in [4.78, 5) is 60.6. The summed E-state index contributed by atoms with van der Waals surface area (Å²) in [5.74, 6) is -3.11. The molecule has 0 fully saturated rings. The van der Waals surface area contributed by atoms with E-state index in [9.17, 15) is 24.3 Å². The number of nitrogens with zero attached hydrogens (tertiary/aromatic N) is 1. The van der Waals surface area contributed by atoms with Gasteiger partial charge in [0, 0.05) is 41.8 Å². The Hall–Kier alpha value is -5.17. The molecule has 13 nitrogen and oxygen atoms in total. The van der Waals surface area contributed by atoms with Crippen LogP contribution >= 0.6 is 0 Å².